The van der Waals surface area contributed by atoms with Crippen LogP contribution in [-0.2, 0) is 4.79 Å². The molecule has 4 nitrogen and oxygen atoms in total. The molecule has 0 aromatic heterocycles. The number of hydrogen-bond donors (Lipinski definition) is 1. The van der Waals surface area contributed by atoms with Crippen LogP contribution in [0.25, 0.3) is 0 Å². The van der Waals surface area contributed by atoms with Gasteiger partial charge in [-0.05, 0) is 53.4 Å². The molecule has 0 radical (unpaired) electrons. The van der Waals surface area contributed by atoms with Gasteiger partial charge in [0.05, 0.1) is 5.56 Å². The van der Waals surface area contributed by atoms with Gasteiger partial charge >= 0.3 is 0 Å². The van der Waals surface area contributed by atoms with E-state index in [0.29, 0.717) is 16.5 Å². The van der Waals surface area contributed by atoms with E-state index >= 15 is 0 Å². The normalized spacial score (nSPS) is 14.9. The predicted molar refractivity (Wildman–Crippen MR) is 81.5 cm³/mol. The minimum Gasteiger partial charge on any atom is -0.351 e. The van der Waals surface area contributed by atoms with E-state index in [0.717, 1.165) is 25.9 Å². The second-order valence-corrected chi connectivity index (χ2v) is 5.93. The van der Waals surface area contributed by atoms with Crippen molar-refractivity contribution in [3.63, 3.8) is 0 Å². The van der Waals surface area contributed by atoms with E-state index in [1.165, 1.54) is 24.6 Å². The Kier molecular flexibility index (Phi) is 5.73. The topological polar surface area (TPSA) is 49.4 Å². The number of likely N-dealkylation sites (tertiary alicyclic amines) is 1. The maximum atomic E-state index is 13.0. The molecule has 21 heavy (non-hydrogen) atoms. The largest absolute Gasteiger partial charge is 0.351 e. The number of carbonyl (C=O) groups excluding carboxylic acids is 2. The summed E-state index contributed by atoms with van der Waals surface area (Å²) in [6.07, 6.45) is 3.59. The van der Waals surface area contributed by atoms with Crippen molar-refractivity contribution in [2.24, 2.45) is 0 Å². The Balaban J connectivity index is 1.79. The fourth-order valence-electron chi connectivity index (χ4n) is 2.35. The number of amides is 2. The number of piperidine rings is 1. The van der Waals surface area contributed by atoms with Crippen LogP contribution in [-0.4, -0.2) is 36.3 Å². The summed E-state index contributed by atoms with van der Waals surface area (Å²) in [4.78, 5) is 25.7. The summed E-state index contributed by atoms with van der Waals surface area (Å²) < 4.78 is 13.4. The van der Waals surface area contributed by atoms with Crippen LogP contribution in [0.4, 0.5) is 4.39 Å². The molecule has 114 valence electrons. The van der Waals surface area contributed by atoms with Crippen molar-refractivity contribution in [2.45, 2.75) is 25.7 Å². The van der Waals surface area contributed by atoms with Gasteiger partial charge in [-0.25, -0.2) is 4.39 Å². The monoisotopic (exact) mass is 356 g/mol. The zero-order valence-electron chi connectivity index (χ0n) is 11.7. The van der Waals surface area contributed by atoms with Gasteiger partial charge in [-0.3, -0.25) is 9.59 Å². The highest BCUT2D eigenvalue weighted by molar-refractivity contribution is 9.10. The van der Waals surface area contributed by atoms with E-state index in [1.807, 2.05) is 4.90 Å². The SMILES string of the molecule is O=C(NCCC(=O)N1CCCCC1)c1ccc(F)cc1Br. The lowest BCUT2D eigenvalue weighted by molar-refractivity contribution is -0.131. The van der Waals surface area contributed by atoms with Crippen LogP contribution in [0.2, 0.25) is 0 Å². The van der Waals surface area contributed by atoms with E-state index in [1.54, 1.807) is 0 Å². The van der Waals surface area contributed by atoms with Crippen molar-refractivity contribution >= 4 is 27.7 Å². The van der Waals surface area contributed by atoms with Crippen LogP contribution >= 0.6 is 15.9 Å². The summed E-state index contributed by atoms with van der Waals surface area (Å²) >= 11 is 3.16. The lowest BCUT2D eigenvalue weighted by Crippen LogP contribution is -2.37. The fraction of sp³-hybridized carbons (Fsp3) is 0.467. The fourth-order valence-corrected chi connectivity index (χ4v) is 2.88. The number of carbonyl (C=O) groups is 2. The van der Waals surface area contributed by atoms with Crippen molar-refractivity contribution in [3.05, 3.63) is 34.1 Å². The predicted octanol–water partition coefficient (Wildman–Crippen LogP) is 2.72. The van der Waals surface area contributed by atoms with Gasteiger partial charge < -0.3 is 10.2 Å². The number of rotatable bonds is 4. The molecule has 0 saturated carbocycles. The Morgan fingerprint density at radius 2 is 1.95 bits per heavy atom. The van der Waals surface area contributed by atoms with Crippen LogP contribution in [0.15, 0.2) is 22.7 Å². The summed E-state index contributed by atoms with van der Waals surface area (Å²) in [5, 5.41) is 2.69. The highest BCUT2D eigenvalue weighted by Crippen LogP contribution is 2.17. The lowest BCUT2D eigenvalue weighted by atomic mass is 10.1. The molecule has 0 aliphatic carbocycles. The molecule has 1 saturated heterocycles. The maximum Gasteiger partial charge on any atom is 0.252 e. The lowest BCUT2D eigenvalue weighted by Gasteiger charge is -2.26. The van der Waals surface area contributed by atoms with Crippen LogP contribution in [0, 0.1) is 5.82 Å². The molecule has 0 bridgehead atoms. The Labute approximate surface area is 131 Å². The van der Waals surface area contributed by atoms with Gasteiger partial charge in [0.25, 0.3) is 5.91 Å². The molecule has 1 fully saturated rings. The number of nitrogens with zero attached hydrogens (tertiary/aromatic N) is 1. The first-order valence-corrected chi connectivity index (χ1v) is 7.88. The Morgan fingerprint density at radius 1 is 1.24 bits per heavy atom. The quantitative estimate of drug-likeness (QED) is 0.901. The van der Waals surface area contributed by atoms with Gasteiger partial charge in [-0.2, -0.15) is 0 Å². The average molecular weight is 357 g/mol. The third-order valence-corrected chi connectivity index (χ3v) is 4.17. The molecule has 2 rings (SSSR count). The molecule has 6 heteroatoms. The molecular formula is C15H18BrFN2O2. The van der Waals surface area contributed by atoms with Crippen molar-refractivity contribution in [3.8, 4) is 0 Å². The van der Waals surface area contributed by atoms with Gasteiger partial charge in [-0.15, -0.1) is 0 Å². The first-order valence-electron chi connectivity index (χ1n) is 7.09. The second kappa shape index (κ2) is 7.54. The summed E-state index contributed by atoms with van der Waals surface area (Å²) in [6, 6.07) is 3.90. The summed E-state index contributed by atoms with van der Waals surface area (Å²) in [7, 11) is 0. The van der Waals surface area contributed by atoms with E-state index in [9.17, 15) is 14.0 Å². The molecule has 1 aromatic carbocycles. The smallest absolute Gasteiger partial charge is 0.252 e. The third kappa shape index (κ3) is 4.52. The number of hydrogen-bond acceptors (Lipinski definition) is 2. The van der Waals surface area contributed by atoms with Crippen molar-refractivity contribution in [2.75, 3.05) is 19.6 Å². The van der Waals surface area contributed by atoms with E-state index in [-0.39, 0.29) is 18.4 Å². The Bertz CT molecular complexity index is 530. The highest BCUT2D eigenvalue weighted by Gasteiger charge is 2.16. The number of halogens is 2. The molecule has 1 aliphatic rings. The van der Waals surface area contributed by atoms with Crippen LogP contribution in [0.3, 0.4) is 0 Å². The zero-order valence-corrected chi connectivity index (χ0v) is 13.3. The standard InChI is InChI=1S/C15H18BrFN2O2/c16-13-10-11(17)4-5-12(13)15(21)18-7-6-14(20)19-8-2-1-3-9-19/h4-5,10H,1-3,6-9H2,(H,18,21). The maximum absolute atomic E-state index is 13.0. The van der Waals surface area contributed by atoms with Crippen molar-refractivity contribution in [1.29, 1.82) is 0 Å². The number of nitrogens with one attached hydrogen (secondary N) is 1. The third-order valence-electron chi connectivity index (χ3n) is 3.51. The molecular weight excluding hydrogens is 339 g/mol. The minimum atomic E-state index is -0.404. The molecule has 1 heterocycles. The first kappa shape index (κ1) is 15.9. The zero-order chi connectivity index (χ0) is 15.2. The molecule has 0 atom stereocenters. The van der Waals surface area contributed by atoms with Crippen LogP contribution < -0.4 is 5.32 Å². The van der Waals surface area contributed by atoms with Crippen LogP contribution in [0.5, 0.6) is 0 Å². The van der Waals surface area contributed by atoms with Gasteiger partial charge in [0, 0.05) is 30.5 Å². The molecule has 1 aromatic rings. The molecule has 1 aliphatic heterocycles. The Morgan fingerprint density at radius 3 is 2.62 bits per heavy atom. The van der Waals surface area contributed by atoms with Crippen molar-refractivity contribution < 1.29 is 14.0 Å². The second-order valence-electron chi connectivity index (χ2n) is 5.07. The summed E-state index contributed by atoms with van der Waals surface area (Å²) in [6.45, 7) is 1.92. The Hall–Kier alpha value is -1.43. The molecule has 1 N–H and O–H groups in total. The first-order chi connectivity index (χ1) is 10.1. The van der Waals surface area contributed by atoms with E-state index in [2.05, 4.69) is 21.2 Å². The average Bonchev–Trinajstić information content (AvgIpc) is 2.47. The molecule has 2 amide bonds. The molecule has 0 unspecified atom stereocenters. The molecule has 0 spiro atoms. The van der Waals surface area contributed by atoms with Gasteiger partial charge in [0.15, 0.2) is 0 Å². The minimum absolute atomic E-state index is 0.0770. The highest BCUT2D eigenvalue weighted by atomic mass is 79.9. The van der Waals surface area contributed by atoms with E-state index in [4.69, 9.17) is 0 Å². The summed E-state index contributed by atoms with van der Waals surface area (Å²) in [5.74, 6) is -0.639. The number of benzene rings is 1. The van der Waals surface area contributed by atoms with Gasteiger partial charge in [-0.1, -0.05) is 0 Å². The van der Waals surface area contributed by atoms with Crippen LogP contribution in [0.1, 0.15) is 36.0 Å². The van der Waals surface area contributed by atoms with E-state index < -0.39 is 5.82 Å². The van der Waals surface area contributed by atoms with Crippen molar-refractivity contribution in [1.82, 2.24) is 10.2 Å². The van der Waals surface area contributed by atoms with Gasteiger partial charge in [0.2, 0.25) is 5.91 Å². The van der Waals surface area contributed by atoms with Gasteiger partial charge in [0.1, 0.15) is 5.82 Å². The summed E-state index contributed by atoms with van der Waals surface area (Å²) in [5.41, 5.74) is 0.363.